The highest BCUT2D eigenvalue weighted by Gasteiger charge is 2.18. The number of benzene rings is 3. The van der Waals surface area contributed by atoms with E-state index >= 15 is 0 Å². The van der Waals surface area contributed by atoms with E-state index in [-0.39, 0.29) is 6.42 Å². The SMILES string of the molecule is CC(C)(O)c1ccc(CCC(=O)O)c(OCCc2ccc3ccccc3c2)c1. The van der Waals surface area contributed by atoms with Crippen LogP contribution in [0.1, 0.15) is 37.0 Å². The van der Waals surface area contributed by atoms with E-state index in [9.17, 15) is 9.90 Å². The fourth-order valence-corrected chi connectivity index (χ4v) is 3.19. The molecule has 146 valence electrons. The van der Waals surface area contributed by atoms with Crippen molar-refractivity contribution in [3.8, 4) is 5.75 Å². The number of rotatable bonds is 8. The van der Waals surface area contributed by atoms with Crippen LogP contribution in [0.25, 0.3) is 10.8 Å². The molecular formula is C24H26O4. The van der Waals surface area contributed by atoms with E-state index in [2.05, 4.69) is 30.3 Å². The van der Waals surface area contributed by atoms with Crippen LogP contribution >= 0.6 is 0 Å². The second-order valence-corrected chi connectivity index (χ2v) is 7.56. The zero-order valence-corrected chi connectivity index (χ0v) is 16.3. The Balaban J connectivity index is 1.73. The van der Waals surface area contributed by atoms with Crippen molar-refractivity contribution < 1.29 is 19.7 Å². The molecule has 0 bridgehead atoms. The Bertz CT molecular complexity index is 970. The quantitative estimate of drug-likeness (QED) is 0.596. The van der Waals surface area contributed by atoms with Crippen molar-refractivity contribution in [1.82, 2.24) is 0 Å². The molecule has 3 rings (SSSR count). The molecule has 3 aromatic rings. The predicted octanol–water partition coefficient (Wildman–Crippen LogP) is 4.71. The van der Waals surface area contributed by atoms with Crippen LogP contribution in [-0.4, -0.2) is 22.8 Å². The van der Waals surface area contributed by atoms with E-state index in [1.165, 1.54) is 16.3 Å². The van der Waals surface area contributed by atoms with Crippen molar-refractivity contribution in [3.63, 3.8) is 0 Å². The third-order valence-corrected chi connectivity index (χ3v) is 4.84. The zero-order chi connectivity index (χ0) is 20.1. The Kier molecular flexibility index (Phi) is 6.00. The van der Waals surface area contributed by atoms with Crippen LogP contribution in [-0.2, 0) is 23.2 Å². The molecule has 0 radical (unpaired) electrons. The van der Waals surface area contributed by atoms with E-state index in [1.807, 2.05) is 30.3 Å². The fraction of sp³-hybridized carbons (Fsp3) is 0.292. The average molecular weight is 378 g/mol. The molecule has 3 aromatic carbocycles. The summed E-state index contributed by atoms with van der Waals surface area (Å²) in [5.41, 5.74) is 1.78. The molecule has 0 fully saturated rings. The third kappa shape index (κ3) is 5.11. The molecule has 0 heterocycles. The number of aliphatic hydroxyl groups is 1. The second-order valence-electron chi connectivity index (χ2n) is 7.56. The van der Waals surface area contributed by atoms with Gasteiger partial charge in [-0.3, -0.25) is 4.79 Å². The van der Waals surface area contributed by atoms with Crippen LogP contribution in [0.15, 0.2) is 60.7 Å². The van der Waals surface area contributed by atoms with Gasteiger partial charge >= 0.3 is 5.97 Å². The van der Waals surface area contributed by atoms with Crippen LogP contribution in [0, 0.1) is 0 Å². The van der Waals surface area contributed by atoms with Gasteiger partial charge in [-0.1, -0.05) is 54.6 Å². The summed E-state index contributed by atoms with van der Waals surface area (Å²) in [5, 5.41) is 21.7. The molecule has 0 saturated heterocycles. The first-order valence-corrected chi connectivity index (χ1v) is 9.51. The molecular weight excluding hydrogens is 352 g/mol. The molecule has 0 saturated carbocycles. The van der Waals surface area contributed by atoms with Crippen LogP contribution in [0.5, 0.6) is 5.75 Å². The standard InChI is InChI=1S/C24H26O4/c1-24(2,27)21-11-9-19(10-12-23(25)26)22(16-21)28-14-13-17-7-8-18-5-3-4-6-20(18)15-17/h3-9,11,15-16,27H,10,12-14H2,1-2H3,(H,25,26). The summed E-state index contributed by atoms with van der Waals surface area (Å²) < 4.78 is 6.02. The summed E-state index contributed by atoms with van der Waals surface area (Å²) in [6.45, 7) is 3.92. The summed E-state index contributed by atoms with van der Waals surface area (Å²) in [6.07, 6.45) is 1.19. The summed E-state index contributed by atoms with van der Waals surface area (Å²) >= 11 is 0. The smallest absolute Gasteiger partial charge is 0.303 e. The minimum atomic E-state index is -0.984. The molecule has 0 amide bonds. The fourth-order valence-electron chi connectivity index (χ4n) is 3.19. The van der Waals surface area contributed by atoms with Crippen molar-refractivity contribution in [2.75, 3.05) is 6.61 Å². The number of aryl methyl sites for hydroxylation is 1. The van der Waals surface area contributed by atoms with Crippen LogP contribution in [0.3, 0.4) is 0 Å². The lowest BCUT2D eigenvalue weighted by Gasteiger charge is -2.20. The molecule has 0 unspecified atom stereocenters. The predicted molar refractivity (Wildman–Crippen MR) is 111 cm³/mol. The highest BCUT2D eigenvalue weighted by atomic mass is 16.5. The molecule has 0 aliphatic carbocycles. The maximum absolute atomic E-state index is 10.9. The number of carbonyl (C=O) groups is 1. The number of hydrogen-bond acceptors (Lipinski definition) is 3. The number of aliphatic carboxylic acids is 1. The summed E-state index contributed by atoms with van der Waals surface area (Å²) in [6, 6.07) is 20.1. The summed E-state index contributed by atoms with van der Waals surface area (Å²) in [7, 11) is 0. The van der Waals surface area contributed by atoms with Gasteiger partial charge in [-0.25, -0.2) is 0 Å². The van der Waals surface area contributed by atoms with E-state index in [0.29, 0.717) is 18.8 Å². The van der Waals surface area contributed by atoms with Gasteiger partial charge in [0.05, 0.1) is 12.2 Å². The largest absolute Gasteiger partial charge is 0.493 e. The molecule has 4 nitrogen and oxygen atoms in total. The molecule has 4 heteroatoms. The highest BCUT2D eigenvalue weighted by Crippen LogP contribution is 2.28. The van der Waals surface area contributed by atoms with E-state index < -0.39 is 11.6 Å². The van der Waals surface area contributed by atoms with E-state index in [1.54, 1.807) is 13.8 Å². The minimum Gasteiger partial charge on any atom is -0.493 e. The van der Waals surface area contributed by atoms with Crippen molar-refractivity contribution >= 4 is 16.7 Å². The van der Waals surface area contributed by atoms with E-state index in [0.717, 1.165) is 17.5 Å². The second kappa shape index (κ2) is 8.44. The van der Waals surface area contributed by atoms with Crippen LogP contribution < -0.4 is 4.74 Å². The van der Waals surface area contributed by atoms with Crippen molar-refractivity contribution in [2.24, 2.45) is 0 Å². The number of hydrogen-bond donors (Lipinski definition) is 2. The normalized spacial score (nSPS) is 11.5. The number of carboxylic acid groups (broad SMARTS) is 1. The zero-order valence-electron chi connectivity index (χ0n) is 16.3. The molecule has 28 heavy (non-hydrogen) atoms. The maximum atomic E-state index is 10.9. The summed E-state index contributed by atoms with van der Waals surface area (Å²) in [4.78, 5) is 10.9. The average Bonchev–Trinajstić information content (AvgIpc) is 2.66. The first-order valence-electron chi connectivity index (χ1n) is 9.51. The maximum Gasteiger partial charge on any atom is 0.303 e. The monoisotopic (exact) mass is 378 g/mol. The van der Waals surface area contributed by atoms with Gasteiger partial charge < -0.3 is 14.9 Å². The van der Waals surface area contributed by atoms with Crippen molar-refractivity contribution in [1.29, 1.82) is 0 Å². The van der Waals surface area contributed by atoms with Gasteiger partial charge in [-0.05, 0) is 53.8 Å². The topological polar surface area (TPSA) is 66.8 Å². The lowest BCUT2D eigenvalue weighted by Crippen LogP contribution is -2.16. The Morgan fingerprint density at radius 3 is 2.43 bits per heavy atom. The minimum absolute atomic E-state index is 0.0445. The van der Waals surface area contributed by atoms with Crippen LogP contribution in [0.4, 0.5) is 0 Å². The van der Waals surface area contributed by atoms with Gasteiger partial charge in [-0.15, -0.1) is 0 Å². The van der Waals surface area contributed by atoms with Gasteiger partial charge in [0.25, 0.3) is 0 Å². The first-order chi connectivity index (χ1) is 13.3. The van der Waals surface area contributed by atoms with Gasteiger partial charge in [-0.2, -0.15) is 0 Å². The van der Waals surface area contributed by atoms with E-state index in [4.69, 9.17) is 9.84 Å². The summed E-state index contributed by atoms with van der Waals surface area (Å²) in [5.74, 6) is -0.199. The third-order valence-electron chi connectivity index (χ3n) is 4.84. The van der Waals surface area contributed by atoms with Crippen LogP contribution in [0.2, 0.25) is 0 Å². The number of fused-ring (bicyclic) bond motifs is 1. The van der Waals surface area contributed by atoms with Gasteiger partial charge in [0.15, 0.2) is 0 Å². The Hall–Kier alpha value is -2.85. The molecule has 0 aromatic heterocycles. The Morgan fingerprint density at radius 2 is 1.71 bits per heavy atom. The number of carboxylic acids is 1. The molecule has 0 spiro atoms. The lowest BCUT2D eigenvalue weighted by atomic mass is 9.95. The van der Waals surface area contributed by atoms with Gasteiger partial charge in [0, 0.05) is 12.8 Å². The van der Waals surface area contributed by atoms with Gasteiger partial charge in [0.2, 0.25) is 0 Å². The Labute approximate surface area is 165 Å². The highest BCUT2D eigenvalue weighted by molar-refractivity contribution is 5.83. The molecule has 2 N–H and O–H groups in total. The number of ether oxygens (including phenoxy) is 1. The van der Waals surface area contributed by atoms with Crippen molar-refractivity contribution in [3.05, 3.63) is 77.4 Å². The molecule has 0 aliphatic rings. The molecule has 0 atom stereocenters. The Morgan fingerprint density at radius 1 is 0.964 bits per heavy atom. The lowest BCUT2D eigenvalue weighted by molar-refractivity contribution is -0.136. The van der Waals surface area contributed by atoms with Crippen molar-refractivity contribution in [2.45, 2.75) is 38.7 Å². The first kappa shape index (κ1) is 19.9. The molecule has 0 aliphatic heterocycles. The van der Waals surface area contributed by atoms with Gasteiger partial charge in [0.1, 0.15) is 5.75 Å².